The van der Waals surface area contributed by atoms with Crippen molar-refractivity contribution < 1.29 is 9.66 Å². The fraction of sp³-hybridized carbons (Fsp3) is 0.400. The standard InChI is InChI=1S/C15H16N6O3/c16-19-17-10-11-9-13(12-5-1-2-6-14(12)21(22)23)18-20(11)15-7-3-4-8-24-15/h1-2,5-6,9,15H,3-4,7-8,10H2. The van der Waals surface area contributed by atoms with Crippen molar-refractivity contribution in [3.63, 3.8) is 0 Å². The van der Waals surface area contributed by atoms with Crippen LogP contribution in [0.3, 0.4) is 0 Å². The minimum atomic E-state index is -0.432. The van der Waals surface area contributed by atoms with Gasteiger partial charge in [0.25, 0.3) is 5.69 Å². The second-order valence-electron chi connectivity index (χ2n) is 5.45. The highest BCUT2D eigenvalue weighted by Crippen LogP contribution is 2.32. The predicted molar refractivity (Wildman–Crippen MR) is 86.0 cm³/mol. The number of nitro groups is 1. The highest BCUT2D eigenvalue weighted by molar-refractivity contribution is 5.70. The predicted octanol–water partition coefficient (Wildman–Crippen LogP) is 3.97. The monoisotopic (exact) mass is 328 g/mol. The fourth-order valence-corrected chi connectivity index (χ4v) is 2.80. The number of azide groups is 1. The molecule has 0 spiro atoms. The molecule has 9 heteroatoms. The second kappa shape index (κ2) is 7.12. The maximum Gasteiger partial charge on any atom is 0.278 e. The first-order chi connectivity index (χ1) is 11.7. The van der Waals surface area contributed by atoms with Gasteiger partial charge in [-0.15, -0.1) is 0 Å². The molecule has 1 aromatic carbocycles. The largest absolute Gasteiger partial charge is 0.357 e. The van der Waals surface area contributed by atoms with Crippen LogP contribution in [0.15, 0.2) is 35.4 Å². The van der Waals surface area contributed by atoms with Gasteiger partial charge in [0.2, 0.25) is 0 Å². The number of nitro benzene ring substituents is 1. The first-order valence-corrected chi connectivity index (χ1v) is 7.65. The van der Waals surface area contributed by atoms with Crippen LogP contribution in [0.4, 0.5) is 5.69 Å². The summed E-state index contributed by atoms with van der Waals surface area (Å²) >= 11 is 0. The SMILES string of the molecule is [N-]=[N+]=NCc1cc(-c2ccccc2[N+](=O)[O-])nn1C1CCCCO1. The number of para-hydroxylation sites is 1. The Kier molecular flexibility index (Phi) is 4.74. The molecular weight excluding hydrogens is 312 g/mol. The van der Waals surface area contributed by atoms with Crippen LogP contribution in [-0.2, 0) is 11.3 Å². The Hall–Kier alpha value is -2.90. The Labute approximate surface area is 137 Å². The lowest BCUT2D eigenvalue weighted by Gasteiger charge is -2.24. The molecule has 1 aliphatic heterocycles. The number of aromatic nitrogens is 2. The number of rotatable bonds is 5. The van der Waals surface area contributed by atoms with Crippen LogP contribution in [-0.4, -0.2) is 21.3 Å². The fourth-order valence-electron chi connectivity index (χ4n) is 2.80. The van der Waals surface area contributed by atoms with E-state index in [0.29, 0.717) is 23.6 Å². The number of benzene rings is 1. The van der Waals surface area contributed by atoms with Gasteiger partial charge >= 0.3 is 0 Å². The number of hydrogen-bond donors (Lipinski definition) is 0. The van der Waals surface area contributed by atoms with Crippen LogP contribution in [0, 0.1) is 10.1 Å². The minimum Gasteiger partial charge on any atom is -0.357 e. The summed E-state index contributed by atoms with van der Waals surface area (Å²) in [5.74, 6) is 0. The topological polar surface area (TPSA) is 119 Å². The Morgan fingerprint density at radius 1 is 1.46 bits per heavy atom. The zero-order chi connectivity index (χ0) is 16.9. The lowest BCUT2D eigenvalue weighted by molar-refractivity contribution is -0.384. The molecule has 0 aliphatic carbocycles. The second-order valence-corrected chi connectivity index (χ2v) is 5.45. The van der Waals surface area contributed by atoms with Gasteiger partial charge in [0, 0.05) is 23.3 Å². The third-order valence-corrected chi connectivity index (χ3v) is 3.91. The molecule has 0 saturated carbocycles. The quantitative estimate of drug-likeness (QED) is 0.271. The molecule has 3 rings (SSSR count). The molecule has 0 amide bonds. The molecule has 2 heterocycles. The highest BCUT2D eigenvalue weighted by atomic mass is 16.6. The lowest BCUT2D eigenvalue weighted by atomic mass is 10.1. The van der Waals surface area contributed by atoms with Crippen molar-refractivity contribution in [1.82, 2.24) is 9.78 Å². The normalized spacial score (nSPS) is 17.2. The maximum absolute atomic E-state index is 11.2. The van der Waals surface area contributed by atoms with Crippen molar-refractivity contribution in [3.05, 3.63) is 56.6 Å². The molecule has 0 bridgehead atoms. The summed E-state index contributed by atoms with van der Waals surface area (Å²) in [5, 5.41) is 19.3. The maximum atomic E-state index is 11.2. The van der Waals surface area contributed by atoms with E-state index < -0.39 is 4.92 Å². The summed E-state index contributed by atoms with van der Waals surface area (Å²) in [7, 11) is 0. The third-order valence-electron chi connectivity index (χ3n) is 3.91. The Morgan fingerprint density at radius 3 is 3.00 bits per heavy atom. The molecule has 1 fully saturated rings. The number of ether oxygens (including phenoxy) is 1. The van der Waals surface area contributed by atoms with Crippen molar-refractivity contribution in [2.24, 2.45) is 5.11 Å². The van der Waals surface area contributed by atoms with Crippen LogP contribution in [0.5, 0.6) is 0 Å². The van der Waals surface area contributed by atoms with Gasteiger partial charge < -0.3 is 4.74 Å². The average Bonchev–Trinajstić information content (AvgIpc) is 3.04. The van der Waals surface area contributed by atoms with E-state index in [4.69, 9.17) is 10.3 Å². The van der Waals surface area contributed by atoms with Gasteiger partial charge in [0.15, 0.2) is 0 Å². The molecule has 0 N–H and O–H groups in total. The molecule has 1 aliphatic rings. The number of nitrogens with zero attached hydrogens (tertiary/aromatic N) is 6. The molecule has 24 heavy (non-hydrogen) atoms. The molecule has 0 radical (unpaired) electrons. The van der Waals surface area contributed by atoms with Gasteiger partial charge in [-0.05, 0) is 36.9 Å². The van der Waals surface area contributed by atoms with Gasteiger partial charge in [-0.1, -0.05) is 17.2 Å². The van der Waals surface area contributed by atoms with E-state index in [-0.39, 0.29) is 18.5 Å². The average molecular weight is 328 g/mol. The first-order valence-electron chi connectivity index (χ1n) is 7.65. The van der Waals surface area contributed by atoms with Gasteiger partial charge in [-0.3, -0.25) is 10.1 Å². The van der Waals surface area contributed by atoms with E-state index >= 15 is 0 Å². The van der Waals surface area contributed by atoms with Crippen LogP contribution >= 0.6 is 0 Å². The molecule has 1 aromatic heterocycles. The van der Waals surface area contributed by atoms with Gasteiger partial charge in [-0.2, -0.15) is 5.10 Å². The molecule has 9 nitrogen and oxygen atoms in total. The Balaban J connectivity index is 2.04. The Morgan fingerprint density at radius 2 is 2.29 bits per heavy atom. The lowest BCUT2D eigenvalue weighted by Crippen LogP contribution is -2.20. The summed E-state index contributed by atoms with van der Waals surface area (Å²) in [5.41, 5.74) is 10.1. The van der Waals surface area contributed by atoms with E-state index in [9.17, 15) is 10.1 Å². The number of hydrogen-bond acceptors (Lipinski definition) is 5. The summed E-state index contributed by atoms with van der Waals surface area (Å²) in [6.07, 6.45) is 2.59. The minimum absolute atomic E-state index is 0.0120. The molecule has 124 valence electrons. The van der Waals surface area contributed by atoms with E-state index in [1.165, 1.54) is 6.07 Å². The van der Waals surface area contributed by atoms with Crippen LogP contribution < -0.4 is 0 Å². The van der Waals surface area contributed by atoms with Gasteiger partial charge in [0.05, 0.1) is 22.7 Å². The van der Waals surface area contributed by atoms with Crippen LogP contribution in [0.25, 0.3) is 21.7 Å². The molecule has 1 saturated heterocycles. The summed E-state index contributed by atoms with van der Waals surface area (Å²) in [6.45, 7) is 0.760. The molecule has 2 aromatic rings. The van der Waals surface area contributed by atoms with E-state index in [0.717, 1.165) is 19.3 Å². The zero-order valence-electron chi connectivity index (χ0n) is 12.9. The van der Waals surface area contributed by atoms with E-state index in [2.05, 4.69) is 15.1 Å². The van der Waals surface area contributed by atoms with Crippen molar-refractivity contribution in [2.75, 3.05) is 6.61 Å². The molecular formula is C15H16N6O3. The highest BCUT2D eigenvalue weighted by Gasteiger charge is 2.23. The first kappa shape index (κ1) is 16.0. The summed E-state index contributed by atoms with van der Waals surface area (Å²) in [4.78, 5) is 13.6. The smallest absolute Gasteiger partial charge is 0.278 e. The van der Waals surface area contributed by atoms with Crippen molar-refractivity contribution >= 4 is 5.69 Å². The third kappa shape index (κ3) is 3.22. The zero-order valence-corrected chi connectivity index (χ0v) is 12.9. The van der Waals surface area contributed by atoms with Crippen molar-refractivity contribution in [1.29, 1.82) is 0 Å². The van der Waals surface area contributed by atoms with Crippen molar-refractivity contribution in [2.45, 2.75) is 32.0 Å². The van der Waals surface area contributed by atoms with Gasteiger partial charge in [0.1, 0.15) is 6.23 Å². The molecule has 1 atom stereocenters. The van der Waals surface area contributed by atoms with Gasteiger partial charge in [-0.25, -0.2) is 4.68 Å². The Bertz CT molecular complexity index is 790. The molecule has 1 unspecified atom stereocenters. The van der Waals surface area contributed by atoms with Crippen LogP contribution in [0.1, 0.15) is 31.2 Å². The van der Waals surface area contributed by atoms with Crippen LogP contribution in [0.2, 0.25) is 0 Å². The summed E-state index contributed by atoms with van der Waals surface area (Å²) in [6, 6.07) is 8.16. The van der Waals surface area contributed by atoms with E-state index in [1.54, 1.807) is 28.9 Å². The summed E-state index contributed by atoms with van der Waals surface area (Å²) < 4.78 is 7.42. The van der Waals surface area contributed by atoms with E-state index in [1.807, 2.05) is 0 Å². The van der Waals surface area contributed by atoms with Crippen molar-refractivity contribution in [3.8, 4) is 11.3 Å².